The molecule has 120 valence electrons. The second-order valence-electron chi connectivity index (χ2n) is 6.16. The summed E-state index contributed by atoms with van der Waals surface area (Å²) in [6.45, 7) is 2.10. The molecule has 0 amide bonds. The highest BCUT2D eigenvalue weighted by atomic mass is 32.2. The van der Waals surface area contributed by atoms with Gasteiger partial charge < -0.3 is 15.4 Å². The van der Waals surface area contributed by atoms with E-state index in [0.717, 1.165) is 35.5 Å². The highest BCUT2D eigenvalue weighted by Gasteiger charge is 2.25. The van der Waals surface area contributed by atoms with Gasteiger partial charge in [-0.25, -0.2) is 4.68 Å². The van der Waals surface area contributed by atoms with Crippen LogP contribution >= 0.6 is 11.8 Å². The maximum atomic E-state index is 10.5. The molecule has 6 heteroatoms. The number of aliphatic imine (C=N–C) groups is 1. The number of thioether (sulfide) groups is 1. The van der Waals surface area contributed by atoms with Crippen molar-refractivity contribution < 1.29 is 5.11 Å². The van der Waals surface area contributed by atoms with Crippen molar-refractivity contribution in [3.8, 4) is 5.69 Å². The Bertz CT molecular complexity index is 770. The molecule has 5 nitrogen and oxygen atoms in total. The summed E-state index contributed by atoms with van der Waals surface area (Å²) in [5, 5.41) is 19.4. The summed E-state index contributed by atoms with van der Waals surface area (Å²) in [5.74, 6) is 1.12. The van der Waals surface area contributed by atoms with Crippen LogP contribution in [0.4, 0.5) is 5.82 Å². The third-order valence-electron chi connectivity index (χ3n) is 4.74. The van der Waals surface area contributed by atoms with Crippen LogP contribution in [0.15, 0.2) is 29.4 Å². The molecule has 1 N–H and O–H groups in total. The number of nitrogens with zero attached hydrogens (tertiary/aromatic N) is 4. The topological polar surface area (TPSA) is 64.5 Å². The first kappa shape index (κ1) is 14.8. The normalized spacial score (nSPS) is 25.6. The Kier molecular flexibility index (Phi) is 3.66. The SMILES string of the molecule is CSC1[N-]C=Nc2c1cnn2-c1ccc2c(c1)C(O)[C@H](C)CC2. The average molecular weight is 327 g/mol. The second-order valence-corrected chi connectivity index (χ2v) is 7.08. The molecule has 0 bridgehead atoms. The minimum absolute atomic E-state index is 0.0551. The maximum Gasteiger partial charge on any atom is 0.0819 e. The molecule has 23 heavy (non-hydrogen) atoms. The number of aromatic nitrogens is 2. The van der Waals surface area contributed by atoms with Gasteiger partial charge >= 0.3 is 0 Å². The molecule has 2 unspecified atom stereocenters. The number of hydrogen-bond acceptors (Lipinski definition) is 4. The van der Waals surface area contributed by atoms with E-state index in [9.17, 15) is 5.11 Å². The number of fused-ring (bicyclic) bond motifs is 2. The number of rotatable bonds is 2. The molecule has 4 rings (SSSR count). The van der Waals surface area contributed by atoms with Gasteiger partial charge in [0.15, 0.2) is 0 Å². The van der Waals surface area contributed by atoms with Crippen molar-refractivity contribution in [1.29, 1.82) is 0 Å². The van der Waals surface area contributed by atoms with Gasteiger partial charge in [0.2, 0.25) is 0 Å². The van der Waals surface area contributed by atoms with Gasteiger partial charge in [0.05, 0.1) is 23.8 Å². The number of aliphatic hydroxyl groups is 1. The predicted molar refractivity (Wildman–Crippen MR) is 93.8 cm³/mol. The molecule has 1 aliphatic carbocycles. The monoisotopic (exact) mass is 327 g/mol. The van der Waals surface area contributed by atoms with Crippen molar-refractivity contribution in [3.63, 3.8) is 0 Å². The van der Waals surface area contributed by atoms with Crippen molar-refractivity contribution in [1.82, 2.24) is 9.78 Å². The van der Waals surface area contributed by atoms with Gasteiger partial charge in [0, 0.05) is 10.9 Å². The van der Waals surface area contributed by atoms with E-state index in [2.05, 4.69) is 40.5 Å². The van der Waals surface area contributed by atoms with E-state index in [-0.39, 0.29) is 5.37 Å². The number of hydrogen-bond donors (Lipinski definition) is 1. The highest BCUT2D eigenvalue weighted by molar-refractivity contribution is 7.99. The first-order valence-electron chi connectivity index (χ1n) is 7.83. The summed E-state index contributed by atoms with van der Waals surface area (Å²) < 4.78 is 1.84. The first-order chi connectivity index (χ1) is 11.2. The summed E-state index contributed by atoms with van der Waals surface area (Å²) in [5.41, 5.74) is 4.24. The molecule has 0 saturated heterocycles. The van der Waals surface area contributed by atoms with Gasteiger partial charge in [0.1, 0.15) is 0 Å². The number of aryl methyl sites for hydroxylation is 1. The summed E-state index contributed by atoms with van der Waals surface area (Å²) in [6, 6.07) is 6.22. The van der Waals surface area contributed by atoms with Crippen LogP contribution in [0, 0.1) is 5.92 Å². The third kappa shape index (κ3) is 2.37. The van der Waals surface area contributed by atoms with Gasteiger partial charge in [-0.1, -0.05) is 19.3 Å². The Hall–Kier alpha value is -1.79. The maximum absolute atomic E-state index is 10.5. The average Bonchev–Trinajstić information content (AvgIpc) is 3.02. The Morgan fingerprint density at radius 3 is 3.04 bits per heavy atom. The predicted octanol–water partition coefficient (Wildman–Crippen LogP) is 3.90. The molecule has 1 aliphatic heterocycles. The van der Waals surface area contributed by atoms with E-state index in [1.807, 2.05) is 17.1 Å². The Labute approximate surface area is 139 Å². The fraction of sp³-hybridized carbons (Fsp3) is 0.412. The zero-order valence-corrected chi connectivity index (χ0v) is 14.0. The molecule has 0 spiro atoms. The summed E-state index contributed by atoms with van der Waals surface area (Å²) in [7, 11) is 0. The van der Waals surface area contributed by atoms with E-state index in [1.54, 1.807) is 18.1 Å². The van der Waals surface area contributed by atoms with Crippen LogP contribution in [-0.2, 0) is 6.42 Å². The summed E-state index contributed by atoms with van der Waals surface area (Å²) in [4.78, 5) is 4.41. The molecular formula is C17H19N4OS-. The van der Waals surface area contributed by atoms with Crippen LogP contribution in [0.2, 0.25) is 0 Å². The van der Waals surface area contributed by atoms with Crippen LogP contribution in [-0.4, -0.2) is 27.5 Å². The molecule has 1 aromatic heterocycles. The minimum atomic E-state index is -0.400. The zero-order chi connectivity index (χ0) is 16.0. The molecule has 0 saturated carbocycles. The van der Waals surface area contributed by atoms with E-state index in [1.165, 1.54) is 5.56 Å². The Balaban J connectivity index is 1.79. The van der Waals surface area contributed by atoms with Crippen LogP contribution in [0.5, 0.6) is 0 Å². The molecule has 0 radical (unpaired) electrons. The molecule has 2 aromatic rings. The van der Waals surface area contributed by atoms with Crippen LogP contribution in [0.25, 0.3) is 11.0 Å². The zero-order valence-electron chi connectivity index (χ0n) is 13.2. The lowest BCUT2D eigenvalue weighted by atomic mass is 9.82. The molecule has 0 fully saturated rings. The van der Waals surface area contributed by atoms with Gasteiger partial charge in [-0.05, 0) is 48.3 Å². The van der Waals surface area contributed by atoms with Crippen molar-refractivity contribution in [2.75, 3.05) is 6.26 Å². The molecule has 3 atom stereocenters. The Morgan fingerprint density at radius 1 is 1.35 bits per heavy atom. The third-order valence-corrected chi connectivity index (χ3v) is 5.57. The van der Waals surface area contributed by atoms with Crippen molar-refractivity contribution in [2.45, 2.75) is 31.2 Å². The van der Waals surface area contributed by atoms with E-state index >= 15 is 0 Å². The summed E-state index contributed by atoms with van der Waals surface area (Å²) in [6.07, 6.45) is 7.14. The Morgan fingerprint density at radius 2 is 2.22 bits per heavy atom. The number of benzene rings is 1. The number of aliphatic hydroxyl groups excluding tert-OH is 1. The fourth-order valence-electron chi connectivity index (χ4n) is 3.33. The van der Waals surface area contributed by atoms with Crippen LogP contribution < -0.4 is 0 Å². The lowest BCUT2D eigenvalue weighted by Crippen LogP contribution is -2.18. The van der Waals surface area contributed by atoms with Crippen molar-refractivity contribution in [3.05, 3.63) is 46.4 Å². The van der Waals surface area contributed by atoms with E-state index < -0.39 is 6.10 Å². The molecule has 2 aliphatic rings. The first-order valence-corrected chi connectivity index (χ1v) is 9.12. The largest absolute Gasteiger partial charge is 0.455 e. The fourth-order valence-corrected chi connectivity index (χ4v) is 3.92. The minimum Gasteiger partial charge on any atom is -0.455 e. The van der Waals surface area contributed by atoms with E-state index in [4.69, 9.17) is 0 Å². The lowest BCUT2D eigenvalue weighted by molar-refractivity contribution is 0.104. The second kappa shape index (κ2) is 5.69. The molecular weight excluding hydrogens is 308 g/mol. The van der Waals surface area contributed by atoms with E-state index in [0.29, 0.717) is 5.92 Å². The molecule has 2 heterocycles. The highest BCUT2D eigenvalue weighted by Crippen LogP contribution is 2.41. The smallest absolute Gasteiger partial charge is 0.0819 e. The summed E-state index contributed by atoms with van der Waals surface area (Å²) >= 11 is 1.67. The van der Waals surface area contributed by atoms with Crippen molar-refractivity contribution >= 4 is 23.9 Å². The lowest BCUT2D eigenvalue weighted by Gasteiger charge is -2.29. The van der Waals surface area contributed by atoms with Crippen LogP contribution in [0.1, 0.15) is 41.5 Å². The van der Waals surface area contributed by atoms with Gasteiger partial charge in [-0.15, -0.1) is 0 Å². The van der Waals surface area contributed by atoms with Gasteiger partial charge in [-0.2, -0.15) is 16.9 Å². The van der Waals surface area contributed by atoms with Crippen molar-refractivity contribution in [2.24, 2.45) is 10.9 Å². The quantitative estimate of drug-likeness (QED) is 0.910. The van der Waals surface area contributed by atoms with Crippen LogP contribution in [0.3, 0.4) is 0 Å². The standard InChI is InChI=1S/C17H19N4OS/c1-10-3-4-11-5-6-12(7-13(11)15(10)22)21-16-14(8-20-21)17(23-2)19-9-18-16/h5-10,15,17,22H,3-4H2,1-2H3/q-1/t10-,15?,17?/m1/s1. The molecule has 1 aromatic carbocycles. The van der Waals surface area contributed by atoms with Gasteiger partial charge in [-0.3, -0.25) is 0 Å². The van der Waals surface area contributed by atoms with Gasteiger partial charge in [0.25, 0.3) is 0 Å².